The summed E-state index contributed by atoms with van der Waals surface area (Å²) in [4.78, 5) is 0. The monoisotopic (exact) mass is 330 g/mol. The van der Waals surface area contributed by atoms with Crippen molar-refractivity contribution in [3.05, 3.63) is 47.7 Å². The summed E-state index contributed by atoms with van der Waals surface area (Å²) in [5.74, 6) is -0.988. The van der Waals surface area contributed by atoms with E-state index in [1.54, 1.807) is 0 Å². The van der Waals surface area contributed by atoms with Crippen molar-refractivity contribution in [3.63, 3.8) is 0 Å². The first-order valence-electron chi connectivity index (χ1n) is 8.70. The SMILES string of the molecule is CCCOC1(OCCC)C=C(c2ccc(N)cc2)C(C)(C)C=C1N. The Morgan fingerprint density at radius 3 is 1.92 bits per heavy atom. The number of nitrogen functional groups attached to an aromatic ring is 1. The molecule has 0 unspecified atom stereocenters. The molecular formula is C20H30N2O2. The molecule has 1 aromatic rings. The Bertz CT molecular complexity index is 607. The molecule has 1 aliphatic carbocycles. The van der Waals surface area contributed by atoms with E-state index in [0.29, 0.717) is 18.9 Å². The fourth-order valence-electron chi connectivity index (χ4n) is 2.94. The maximum Gasteiger partial charge on any atom is 0.230 e. The third-order valence-corrected chi connectivity index (χ3v) is 4.21. The van der Waals surface area contributed by atoms with E-state index in [1.165, 1.54) is 0 Å². The van der Waals surface area contributed by atoms with Crippen LogP contribution in [0.1, 0.15) is 46.1 Å². The fraction of sp³-hybridized carbons (Fsp3) is 0.500. The molecule has 0 radical (unpaired) electrons. The molecule has 0 heterocycles. The van der Waals surface area contributed by atoms with Crippen LogP contribution in [0.5, 0.6) is 0 Å². The topological polar surface area (TPSA) is 70.5 Å². The summed E-state index contributed by atoms with van der Waals surface area (Å²) in [6, 6.07) is 7.89. The highest BCUT2D eigenvalue weighted by Gasteiger charge is 2.41. The van der Waals surface area contributed by atoms with Crippen LogP contribution in [0.4, 0.5) is 5.69 Å². The second-order valence-corrected chi connectivity index (χ2v) is 6.87. The number of hydrogen-bond acceptors (Lipinski definition) is 4. The van der Waals surface area contributed by atoms with Gasteiger partial charge in [0.05, 0.1) is 18.9 Å². The van der Waals surface area contributed by atoms with Crippen molar-refractivity contribution in [1.82, 2.24) is 0 Å². The van der Waals surface area contributed by atoms with E-state index in [4.69, 9.17) is 20.9 Å². The van der Waals surface area contributed by atoms with Gasteiger partial charge in [-0.05, 0) is 48.3 Å². The van der Waals surface area contributed by atoms with Gasteiger partial charge in [0.1, 0.15) is 0 Å². The molecule has 0 saturated carbocycles. The first kappa shape index (κ1) is 18.6. The van der Waals surface area contributed by atoms with Gasteiger partial charge in [0.25, 0.3) is 0 Å². The maximum atomic E-state index is 6.38. The summed E-state index contributed by atoms with van der Waals surface area (Å²) in [7, 11) is 0. The molecule has 4 nitrogen and oxygen atoms in total. The number of rotatable bonds is 7. The number of ether oxygens (including phenoxy) is 2. The quantitative estimate of drug-likeness (QED) is 0.583. The van der Waals surface area contributed by atoms with Crippen LogP contribution in [0.3, 0.4) is 0 Å². The van der Waals surface area contributed by atoms with E-state index in [1.807, 2.05) is 36.4 Å². The van der Waals surface area contributed by atoms with Gasteiger partial charge in [0.15, 0.2) is 0 Å². The summed E-state index contributed by atoms with van der Waals surface area (Å²) in [5.41, 5.74) is 15.6. The van der Waals surface area contributed by atoms with Crippen LogP contribution in [-0.2, 0) is 9.47 Å². The largest absolute Gasteiger partial charge is 0.399 e. The molecule has 0 spiro atoms. The van der Waals surface area contributed by atoms with Crippen LogP contribution in [0.2, 0.25) is 0 Å². The Kier molecular flexibility index (Phi) is 5.73. The number of nitrogens with two attached hydrogens (primary N) is 2. The maximum absolute atomic E-state index is 6.38. The molecule has 0 bridgehead atoms. The number of allylic oxidation sites excluding steroid dienone is 2. The van der Waals surface area contributed by atoms with Crippen molar-refractivity contribution in [2.24, 2.45) is 11.1 Å². The van der Waals surface area contributed by atoms with Crippen molar-refractivity contribution in [1.29, 1.82) is 0 Å². The van der Waals surface area contributed by atoms with Gasteiger partial charge in [-0.15, -0.1) is 0 Å². The molecule has 2 rings (SSSR count). The van der Waals surface area contributed by atoms with E-state index >= 15 is 0 Å². The Balaban J connectivity index is 2.50. The molecule has 0 saturated heterocycles. The van der Waals surface area contributed by atoms with Gasteiger partial charge in [-0.2, -0.15) is 0 Å². The number of hydrogen-bond donors (Lipinski definition) is 2. The standard InChI is InChI=1S/C20H30N2O2/c1-5-11-23-20(24-12-6-2)13-17(19(3,4)14-18(20)22)15-7-9-16(21)10-8-15/h7-10,13-14H,5-6,11-12,21-22H2,1-4H3. The van der Waals surface area contributed by atoms with Crippen molar-refractivity contribution < 1.29 is 9.47 Å². The lowest BCUT2D eigenvalue weighted by atomic mass is 9.74. The zero-order valence-electron chi connectivity index (χ0n) is 15.3. The van der Waals surface area contributed by atoms with Gasteiger partial charge < -0.3 is 20.9 Å². The highest BCUT2D eigenvalue weighted by Crippen LogP contribution is 2.44. The Hall–Kier alpha value is -1.78. The van der Waals surface area contributed by atoms with Gasteiger partial charge >= 0.3 is 0 Å². The molecule has 0 fully saturated rings. The second kappa shape index (κ2) is 7.41. The van der Waals surface area contributed by atoms with E-state index in [0.717, 1.165) is 29.7 Å². The molecule has 132 valence electrons. The lowest BCUT2D eigenvalue weighted by Gasteiger charge is -2.40. The first-order valence-corrected chi connectivity index (χ1v) is 8.70. The fourth-order valence-corrected chi connectivity index (χ4v) is 2.94. The number of anilines is 1. The molecule has 0 amide bonds. The lowest BCUT2D eigenvalue weighted by Crippen LogP contribution is -2.44. The molecule has 1 aromatic carbocycles. The van der Waals surface area contributed by atoms with E-state index in [-0.39, 0.29) is 5.41 Å². The summed E-state index contributed by atoms with van der Waals surface area (Å²) < 4.78 is 12.2. The predicted molar refractivity (Wildman–Crippen MR) is 100 cm³/mol. The van der Waals surface area contributed by atoms with Crippen molar-refractivity contribution >= 4 is 11.3 Å². The Morgan fingerprint density at radius 1 is 0.875 bits per heavy atom. The summed E-state index contributed by atoms with van der Waals surface area (Å²) in [6.07, 6.45) is 5.89. The minimum Gasteiger partial charge on any atom is -0.399 e. The van der Waals surface area contributed by atoms with Gasteiger partial charge in [-0.3, -0.25) is 0 Å². The average Bonchev–Trinajstić information content (AvgIpc) is 2.54. The van der Waals surface area contributed by atoms with E-state index in [2.05, 4.69) is 27.7 Å². The van der Waals surface area contributed by atoms with Crippen LogP contribution in [0.25, 0.3) is 5.57 Å². The summed E-state index contributed by atoms with van der Waals surface area (Å²) in [6.45, 7) is 9.61. The Labute approximate surface area is 145 Å². The molecule has 4 heteroatoms. The molecule has 0 aliphatic heterocycles. The normalized spacial score (nSPS) is 18.8. The van der Waals surface area contributed by atoms with Gasteiger partial charge in [0.2, 0.25) is 5.79 Å². The number of benzene rings is 1. The third-order valence-electron chi connectivity index (χ3n) is 4.21. The molecule has 24 heavy (non-hydrogen) atoms. The predicted octanol–water partition coefficient (Wildman–Crippen LogP) is 4.08. The third kappa shape index (κ3) is 3.82. The van der Waals surface area contributed by atoms with E-state index in [9.17, 15) is 0 Å². The van der Waals surface area contributed by atoms with Crippen LogP contribution in [0.15, 0.2) is 42.1 Å². The van der Waals surface area contributed by atoms with E-state index < -0.39 is 5.79 Å². The molecule has 4 N–H and O–H groups in total. The summed E-state index contributed by atoms with van der Waals surface area (Å²) >= 11 is 0. The minimum absolute atomic E-state index is 0.213. The Morgan fingerprint density at radius 2 is 1.42 bits per heavy atom. The van der Waals surface area contributed by atoms with Crippen LogP contribution >= 0.6 is 0 Å². The smallest absolute Gasteiger partial charge is 0.230 e. The average molecular weight is 330 g/mol. The molecule has 0 atom stereocenters. The van der Waals surface area contributed by atoms with Crippen molar-refractivity contribution in [2.75, 3.05) is 18.9 Å². The highest BCUT2D eigenvalue weighted by atomic mass is 16.7. The van der Waals surface area contributed by atoms with Crippen LogP contribution < -0.4 is 11.5 Å². The molecule has 0 aromatic heterocycles. The first-order chi connectivity index (χ1) is 11.3. The second-order valence-electron chi connectivity index (χ2n) is 6.87. The minimum atomic E-state index is -0.988. The summed E-state index contributed by atoms with van der Waals surface area (Å²) in [5, 5.41) is 0. The van der Waals surface area contributed by atoms with Gasteiger partial charge in [-0.1, -0.05) is 39.8 Å². The van der Waals surface area contributed by atoms with Crippen LogP contribution in [-0.4, -0.2) is 19.0 Å². The molecular weight excluding hydrogens is 300 g/mol. The highest BCUT2D eigenvalue weighted by molar-refractivity contribution is 5.75. The molecule has 1 aliphatic rings. The van der Waals surface area contributed by atoms with Gasteiger partial charge in [0, 0.05) is 11.1 Å². The van der Waals surface area contributed by atoms with Crippen molar-refractivity contribution in [3.8, 4) is 0 Å². The zero-order chi connectivity index (χ0) is 17.8. The van der Waals surface area contributed by atoms with Gasteiger partial charge in [-0.25, -0.2) is 0 Å². The van der Waals surface area contributed by atoms with Crippen LogP contribution in [0, 0.1) is 5.41 Å². The lowest BCUT2D eigenvalue weighted by molar-refractivity contribution is -0.180. The van der Waals surface area contributed by atoms with Crippen molar-refractivity contribution in [2.45, 2.75) is 46.3 Å². The zero-order valence-corrected chi connectivity index (χ0v) is 15.3.